The molecule has 1 atom stereocenters. The van der Waals surface area contributed by atoms with Gasteiger partial charge in [-0.2, -0.15) is 0 Å². The highest BCUT2D eigenvalue weighted by atomic mass is 35.5. The number of halogens is 2. The molecule has 1 aromatic heterocycles. The third-order valence-electron chi connectivity index (χ3n) is 3.56. The minimum Gasteiger partial charge on any atom is -0.222 e. The number of rotatable bonds is 2. The average molecular weight is 273 g/mol. The average Bonchev–Trinajstić information content (AvgIpc) is 2.20. The maximum absolute atomic E-state index is 6.20. The molecule has 0 aromatic carbocycles. The van der Waals surface area contributed by atoms with Crippen LogP contribution in [0.2, 0.25) is 10.4 Å². The van der Waals surface area contributed by atoms with Gasteiger partial charge in [-0.1, -0.05) is 45.2 Å². The van der Waals surface area contributed by atoms with Gasteiger partial charge in [0.15, 0.2) is 0 Å². The summed E-state index contributed by atoms with van der Waals surface area (Å²) in [6, 6.07) is 0. The second kappa shape index (κ2) is 4.74. The van der Waals surface area contributed by atoms with Crippen LogP contribution in [0.5, 0.6) is 0 Å². The zero-order valence-electron chi connectivity index (χ0n) is 10.6. The van der Waals surface area contributed by atoms with E-state index in [1.807, 2.05) is 0 Å². The van der Waals surface area contributed by atoms with Crippen LogP contribution >= 0.6 is 23.2 Å². The van der Waals surface area contributed by atoms with Gasteiger partial charge in [-0.25, -0.2) is 9.97 Å². The van der Waals surface area contributed by atoms with Crippen molar-refractivity contribution in [1.29, 1.82) is 0 Å². The topological polar surface area (TPSA) is 25.8 Å². The van der Waals surface area contributed by atoms with Gasteiger partial charge in [0.2, 0.25) is 5.28 Å². The molecule has 2 nitrogen and oxygen atoms in total. The Morgan fingerprint density at radius 3 is 2.65 bits per heavy atom. The van der Waals surface area contributed by atoms with Gasteiger partial charge < -0.3 is 0 Å². The zero-order chi connectivity index (χ0) is 12.6. The minimum atomic E-state index is 0.0453. The van der Waals surface area contributed by atoms with Crippen LogP contribution in [0.25, 0.3) is 0 Å². The maximum atomic E-state index is 6.20. The minimum absolute atomic E-state index is 0.0453. The fraction of sp³-hybridized carbons (Fsp3) is 0.692. The molecule has 4 heteroatoms. The van der Waals surface area contributed by atoms with E-state index in [0.717, 1.165) is 24.1 Å². The lowest BCUT2D eigenvalue weighted by Gasteiger charge is -2.36. The van der Waals surface area contributed by atoms with Gasteiger partial charge in [0.1, 0.15) is 5.15 Å². The highest BCUT2D eigenvalue weighted by molar-refractivity contribution is 6.32. The highest BCUT2D eigenvalue weighted by Crippen LogP contribution is 2.42. The summed E-state index contributed by atoms with van der Waals surface area (Å²) >= 11 is 12.1. The van der Waals surface area contributed by atoms with Crippen LogP contribution in [0, 0.1) is 5.92 Å². The summed E-state index contributed by atoms with van der Waals surface area (Å²) in [4.78, 5) is 8.46. The Bertz CT molecular complexity index is 430. The molecule has 94 valence electrons. The second-order valence-corrected chi connectivity index (χ2v) is 6.25. The van der Waals surface area contributed by atoms with Crippen molar-refractivity contribution < 1.29 is 0 Å². The van der Waals surface area contributed by atoms with Crippen molar-refractivity contribution in [3.8, 4) is 0 Å². The standard InChI is InChI=1S/C13H18Cl2N2/c1-4-5-8-6-9-10(13(2,3)7-8)16-12(15)17-11(9)14/h8H,4-7H2,1-3H3. The molecular formula is C13H18Cl2N2. The molecule has 0 fully saturated rings. The molecule has 1 aromatic rings. The lowest BCUT2D eigenvalue weighted by atomic mass is 9.70. The third kappa shape index (κ3) is 2.58. The van der Waals surface area contributed by atoms with E-state index < -0.39 is 0 Å². The Morgan fingerprint density at radius 2 is 2.00 bits per heavy atom. The molecule has 1 heterocycles. The molecule has 0 N–H and O–H groups in total. The first-order chi connectivity index (χ1) is 7.94. The monoisotopic (exact) mass is 272 g/mol. The highest BCUT2D eigenvalue weighted by Gasteiger charge is 2.35. The summed E-state index contributed by atoms with van der Waals surface area (Å²) in [5.74, 6) is 0.685. The lowest BCUT2D eigenvalue weighted by Crippen LogP contribution is -2.31. The summed E-state index contributed by atoms with van der Waals surface area (Å²) in [6.07, 6.45) is 4.59. The smallest absolute Gasteiger partial charge is 0.222 e. The number of hydrogen-bond donors (Lipinski definition) is 0. The molecule has 0 bridgehead atoms. The molecule has 0 spiro atoms. The van der Waals surface area contributed by atoms with Gasteiger partial charge in [-0.3, -0.25) is 0 Å². The first-order valence-electron chi connectivity index (χ1n) is 6.16. The SMILES string of the molecule is CCCC1Cc2c(Cl)nc(Cl)nc2C(C)(C)C1. The first-order valence-corrected chi connectivity index (χ1v) is 6.92. The Hall–Kier alpha value is -0.340. The maximum Gasteiger partial charge on any atom is 0.224 e. The Morgan fingerprint density at radius 1 is 1.29 bits per heavy atom. The van der Waals surface area contributed by atoms with Crippen molar-refractivity contribution in [2.45, 2.75) is 51.9 Å². The van der Waals surface area contributed by atoms with Crippen LogP contribution < -0.4 is 0 Å². The number of nitrogens with zero attached hydrogens (tertiary/aromatic N) is 2. The van der Waals surface area contributed by atoms with Crippen molar-refractivity contribution in [2.75, 3.05) is 0 Å². The number of fused-ring (bicyclic) bond motifs is 1. The van der Waals surface area contributed by atoms with Crippen molar-refractivity contribution in [2.24, 2.45) is 5.92 Å². The van der Waals surface area contributed by atoms with Crippen LogP contribution in [0.1, 0.15) is 51.3 Å². The van der Waals surface area contributed by atoms with Crippen LogP contribution in [-0.2, 0) is 11.8 Å². The molecular weight excluding hydrogens is 255 g/mol. The quantitative estimate of drug-likeness (QED) is 0.588. The molecule has 0 saturated heterocycles. The third-order valence-corrected chi connectivity index (χ3v) is 4.04. The molecule has 1 aliphatic carbocycles. The van der Waals surface area contributed by atoms with E-state index >= 15 is 0 Å². The van der Waals surface area contributed by atoms with E-state index in [4.69, 9.17) is 23.2 Å². The van der Waals surface area contributed by atoms with Gasteiger partial charge in [0.05, 0.1) is 5.69 Å². The van der Waals surface area contributed by atoms with E-state index in [0.29, 0.717) is 11.1 Å². The zero-order valence-corrected chi connectivity index (χ0v) is 12.1. The molecule has 0 radical (unpaired) electrons. The van der Waals surface area contributed by atoms with Gasteiger partial charge in [-0.05, 0) is 30.4 Å². The van der Waals surface area contributed by atoms with Crippen molar-refractivity contribution in [3.05, 3.63) is 21.7 Å². The van der Waals surface area contributed by atoms with Crippen LogP contribution in [0.3, 0.4) is 0 Å². The fourth-order valence-corrected chi connectivity index (χ4v) is 3.42. The number of aromatic nitrogens is 2. The van der Waals surface area contributed by atoms with Gasteiger partial charge >= 0.3 is 0 Å². The van der Waals surface area contributed by atoms with Gasteiger partial charge in [0.25, 0.3) is 0 Å². The van der Waals surface area contributed by atoms with Crippen molar-refractivity contribution in [3.63, 3.8) is 0 Å². The first kappa shape index (κ1) is 13.1. The van der Waals surface area contributed by atoms with Gasteiger partial charge in [0, 0.05) is 11.0 Å². The molecule has 1 aliphatic rings. The largest absolute Gasteiger partial charge is 0.224 e. The van der Waals surface area contributed by atoms with Crippen LogP contribution in [0.15, 0.2) is 0 Å². The van der Waals surface area contributed by atoms with E-state index in [-0.39, 0.29) is 10.7 Å². The molecule has 0 aliphatic heterocycles. The van der Waals surface area contributed by atoms with Crippen molar-refractivity contribution in [1.82, 2.24) is 9.97 Å². The molecule has 17 heavy (non-hydrogen) atoms. The molecule has 0 amide bonds. The fourth-order valence-electron chi connectivity index (χ4n) is 2.96. The normalized spacial score (nSPS) is 22.3. The van der Waals surface area contributed by atoms with Gasteiger partial charge in [-0.15, -0.1) is 0 Å². The van der Waals surface area contributed by atoms with Crippen molar-refractivity contribution >= 4 is 23.2 Å². The molecule has 0 saturated carbocycles. The Balaban J connectivity index is 2.45. The van der Waals surface area contributed by atoms with E-state index in [2.05, 4.69) is 30.7 Å². The predicted molar refractivity (Wildman–Crippen MR) is 71.8 cm³/mol. The lowest BCUT2D eigenvalue weighted by molar-refractivity contribution is 0.303. The van der Waals surface area contributed by atoms with E-state index in [1.165, 1.54) is 12.8 Å². The van der Waals surface area contributed by atoms with E-state index in [1.54, 1.807) is 0 Å². The molecule has 2 rings (SSSR count). The van der Waals surface area contributed by atoms with E-state index in [9.17, 15) is 0 Å². The Labute approximate surface area is 113 Å². The van der Waals surface area contributed by atoms with Crippen LogP contribution in [-0.4, -0.2) is 9.97 Å². The predicted octanol–water partition coefficient (Wildman–Crippen LogP) is 4.42. The molecule has 1 unspecified atom stereocenters. The Kier molecular flexibility index (Phi) is 3.65. The van der Waals surface area contributed by atoms with Crippen LogP contribution in [0.4, 0.5) is 0 Å². The number of hydrogen-bond acceptors (Lipinski definition) is 2. The summed E-state index contributed by atoms with van der Waals surface area (Å²) in [7, 11) is 0. The summed E-state index contributed by atoms with van der Waals surface area (Å²) < 4.78 is 0. The second-order valence-electron chi connectivity index (χ2n) is 5.56. The summed E-state index contributed by atoms with van der Waals surface area (Å²) in [6.45, 7) is 6.66. The summed E-state index contributed by atoms with van der Waals surface area (Å²) in [5, 5.41) is 0.796. The summed E-state index contributed by atoms with van der Waals surface area (Å²) in [5.41, 5.74) is 2.18.